The second kappa shape index (κ2) is 12.0. The summed E-state index contributed by atoms with van der Waals surface area (Å²) in [6.45, 7) is 0.802. The van der Waals surface area contributed by atoms with E-state index in [0.717, 1.165) is 25.0 Å². The lowest BCUT2D eigenvalue weighted by atomic mass is 9.99. The van der Waals surface area contributed by atoms with Gasteiger partial charge in [-0.1, -0.05) is 0 Å². The van der Waals surface area contributed by atoms with Crippen molar-refractivity contribution in [2.24, 2.45) is 5.73 Å². The third-order valence-electron chi connectivity index (χ3n) is 7.54. The van der Waals surface area contributed by atoms with Crippen LogP contribution in [0.3, 0.4) is 0 Å². The van der Waals surface area contributed by atoms with Crippen molar-refractivity contribution in [2.75, 3.05) is 30.7 Å². The molecule has 0 radical (unpaired) electrons. The molecule has 2 aromatic carbocycles. The molecule has 2 aliphatic heterocycles. The number of furan rings is 1. The molecule has 2 atom stereocenters. The molecule has 222 valence electrons. The Morgan fingerprint density at radius 1 is 1.29 bits per heavy atom. The van der Waals surface area contributed by atoms with Crippen LogP contribution in [0.1, 0.15) is 29.6 Å². The van der Waals surface area contributed by atoms with Gasteiger partial charge in [-0.25, -0.2) is 13.2 Å². The number of carbonyl (C=O) groups is 2. The van der Waals surface area contributed by atoms with E-state index >= 15 is 0 Å². The highest BCUT2D eigenvalue weighted by Gasteiger charge is 2.34. The van der Waals surface area contributed by atoms with Crippen molar-refractivity contribution in [3.8, 4) is 11.3 Å². The van der Waals surface area contributed by atoms with E-state index in [4.69, 9.17) is 14.7 Å². The normalized spacial score (nSPS) is 20.2. The predicted molar refractivity (Wildman–Crippen MR) is 163 cm³/mol. The SMILES string of the molecule is CNC(=O)c1c(-c2ccc(F)cc2)oc2cc(N(CC3CCCCN3C(=O)C3=C/C(=C/N)[NH2+]C=C3)S(C)(O)[OH2+])ccc12. The Bertz CT molecular complexity index is 1590. The molecule has 3 heterocycles. The highest BCUT2D eigenvalue weighted by Crippen LogP contribution is 2.45. The minimum atomic E-state index is -3.03. The Labute approximate surface area is 244 Å². The third kappa shape index (κ3) is 5.93. The van der Waals surface area contributed by atoms with Gasteiger partial charge in [0.25, 0.3) is 11.8 Å². The molecule has 0 spiro atoms. The molecule has 2 aliphatic rings. The Morgan fingerprint density at radius 3 is 2.74 bits per heavy atom. The lowest BCUT2D eigenvalue weighted by molar-refractivity contribution is -0.530. The molecule has 42 heavy (non-hydrogen) atoms. The van der Waals surface area contributed by atoms with Gasteiger partial charge in [-0.05, 0) is 66.4 Å². The zero-order valence-electron chi connectivity index (χ0n) is 23.5. The largest absolute Gasteiger partial charge is 0.455 e. The maximum atomic E-state index is 13.6. The van der Waals surface area contributed by atoms with Gasteiger partial charge in [0, 0.05) is 42.8 Å². The van der Waals surface area contributed by atoms with E-state index in [1.165, 1.54) is 31.6 Å². The van der Waals surface area contributed by atoms with Crippen molar-refractivity contribution >= 4 is 39.2 Å². The zero-order chi connectivity index (χ0) is 30.0. The van der Waals surface area contributed by atoms with Crippen LogP contribution in [0.5, 0.6) is 0 Å². The summed E-state index contributed by atoms with van der Waals surface area (Å²) in [5.41, 5.74) is 8.70. The summed E-state index contributed by atoms with van der Waals surface area (Å²) in [6.07, 6.45) is 10.7. The molecule has 1 fully saturated rings. The van der Waals surface area contributed by atoms with E-state index in [1.807, 2.05) is 10.2 Å². The van der Waals surface area contributed by atoms with Gasteiger partial charge in [-0.2, -0.15) is 0 Å². The molecule has 2 amide bonds. The first-order valence-electron chi connectivity index (χ1n) is 13.6. The summed E-state index contributed by atoms with van der Waals surface area (Å²) in [4.78, 5) is 28.3. The van der Waals surface area contributed by atoms with Crippen molar-refractivity contribution in [1.29, 1.82) is 0 Å². The smallest absolute Gasteiger partial charge is 0.255 e. The van der Waals surface area contributed by atoms with Crippen LogP contribution in [0.25, 0.3) is 22.3 Å². The van der Waals surface area contributed by atoms with Crippen LogP contribution in [0, 0.1) is 5.82 Å². The number of fused-ring (bicyclic) bond motifs is 1. The number of amides is 2. The fraction of sp³-hybridized carbons (Fsp3) is 0.267. The standard InChI is InChI=1S/C30H34FN5O5S/c1-33-29(37)27-25-11-10-23(16-26(25)41-28(27)19-6-8-21(31)9-7-19)36(42(2,39)40)18-24-5-3-4-14-35(24)30(38)20-12-13-34-22(15-20)17-32/h6-13,15-17,24,34,39-40H,3-5,14,18,32H2,1-2H3,(H,33,37)/p+2/b22-17-. The van der Waals surface area contributed by atoms with Gasteiger partial charge in [0.1, 0.15) is 17.2 Å². The van der Waals surface area contributed by atoms with Crippen LogP contribution >= 0.6 is 10.8 Å². The molecule has 0 saturated carbocycles. The van der Waals surface area contributed by atoms with Crippen LogP contribution in [-0.2, 0) is 4.79 Å². The van der Waals surface area contributed by atoms with Crippen LogP contribution in [0.2, 0.25) is 0 Å². The Morgan fingerprint density at radius 2 is 2.05 bits per heavy atom. The van der Waals surface area contributed by atoms with E-state index in [-0.39, 0.29) is 24.4 Å². The number of hydrogen-bond acceptors (Lipinski definition) is 6. The Balaban J connectivity index is 1.50. The van der Waals surface area contributed by atoms with Crippen LogP contribution in [0.4, 0.5) is 10.1 Å². The molecule has 10 nitrogen and oxygen atoms in total. The van der Waals surface area contributed by atoms with Crippen LogP contribution < -0.4 is 20.7 Å². The summed E-state index contributed by atoms with van der Waals surface area (Å²) in [5, 5.41) is 5.01. The number of halogens is 1. The molecule has 0 aliphatic carbocycles. The highest BCUT2D eigenvalue weighted by molar-refractivity contribution is 8.24. The minimum absolute atomic E-state index is 0.122. The zero-order valence-corrected chi connectivity index (χ0v) is 24.3. The van der Waals surface area contributed by atoms with Crippen LogP contribution in [0.15, 0.2) is 82.7 Å². The average Bonchev–Trinajstić information content (AvgIpc) is 3.38. The summed E-state index contributed by atoms with van der Waals surface area (Å²) in [7, 11) is -1.51. The number of piperidine rings is 1. The number of likely N-dealkylation sites (tertiary alicyclic amines) is 1. The molecule has 1 aromatic heterocycles. The van der Waals surface area contributed by atoms with E-state index in [9.17, 15) is 18.5 Å². The Kier molecular flexibility index (Phi) is 8.41. The first kappa shape index (κ1) is 29.4. The fourth-order valence-electron chi connectivity index (χ4n) is 5.44. The molecule has 12 heteroatoms. The average molecular weight is 598 g/mol. The summed E-state index contributed by atoms with van der Waals surface area (Å²) in [6, 6.07) is 10.6. The molecule has 0 bridgehead atoms. The maximum Gasteiger partial charge on any atom is 0.255 e. The number of anilines is 1. The van der Waals surface area contributed by atoms with Gasteiger partial charge < -0.3 is 24.9 Å². The highest BCUT2D eigenvalue weighted by atomic mass is 32.3. The topological polar surface area (TPSA) is 152 Å². The molecule has 2 unspecified atom stereocenters. The van der Waals surface area contributed by atoms with Crippen molar-refractivity contribution < 1.29 is 32.8 Å². The summed E-state index contributed by atoms with van der Waals surface area (Å²) >= 11 is 0. The molecule has 5 rings (SSSR count). The first-order chi connectivity index (χ1) is 20.1. The number of hydrogen-bond donors (Lipinski definition) is 4. The molecular weight excluding hydrogens is 561 g/mol. The summed E-state index contributed by atoms with van der Waals surface area (Å²) < 4.78 is 41.1. The van der Waals surface area contributed by atoms with Gasteiger partial charge in [-0.3, -0.25) is 14.9 Å². The second-order valence-electron chi connectivity index (χ2n) is 10.4. The molecule has 8 N–H and O–H groups in total. The van der Waals surface area contributed by atoms with E-state index in [1.54, 1.807) is 53.0 Å². The van der Waals surface area contributed by atoms with Crippen molar-refractivity contribution in [2.45, 2.75) is 25.3 Å². The molecule has 3 aromatic rings. The number of allylic oxidation sites excluding steroid dienone is 1. The van der Waals surface area contributed by atoms with Crippen molar-refractivity contribution in [3.63, 3.8) is 0 Å². The van der Waals surface area contributed by atoms with Gasteiger partial charge in [0.2, 0.25) is 0 Å². The number of nitrogens with zero attached hydrogens (tertiary/aromatic N) is 2. The van der Waals surface area contributed by atoms with Gasteiger partial charge >= 0.3 is 0 Å². The number of benzene rings is 2. The summed E-state index contributed by atoms with van der Waals surface area (Å²) in [5.74, 6) is -0.596. The quantitative estimate of drug-likeness (QED) is 0.307. The fourth-order valence-corrected chi connectivity index (χ4v) is 6.43. The van der Waals surface area contributed by atoms with Gasteiger partial charge in [0.15, 0.2) is 5.70 Å². The Hall–Kier alpha value is -4.10. The monoisotopic (exact) mass is 597 g/mol. The maximum absolute atomic E-state index is 13.6. The first-order valence-corrected chi connectivity index (χ1v) is 15.6. The number of nitrogens with two attached hydrogens (primary N) is 2. The molecule has 1 saturated heterocycles. The number of carbonyl (C=O) groups excluding carboxylic acids is 2. The van der Waals surface area contributed by atoms with Gasteiger partial charge in [-0.15, -0.1) is 0 Å². The lowest BCUT2D eigenvalue weighted by Gasteiger charge is -2.43. The van der Waals surface area contributed by atoms with Crippen LogP contribution in [-0.4, -0.2) is 58.3 Å². The predicted octanol–water partition coefficient (Wildman–Crippen LogP) is 3.07. The number of quaternary nitrogens is 1. The second-order valence-corrected chi connectivity index (χ2v) is 12.5. The number of nitrogens with one attached hydrogen (secondary N) is 1. The van der Waals surface area contributed by atoms with E-state index in [2.05, 4.69) is 5.32 Å². The van der Waals surface area contributed by atoms with E-state index in [0.29, 0.717) is 45.7 Å². The van der Waals surface area contributed by atoms with E-state index < -0.39 is 16.6 Å². The van der Waals surface area contributed by atoms with Crippen molar-refractivity contribution in [3.05, 3.63) is 89.7 Å². The lowest BCUT2D eigenvalue weighted by Crippen LogP contribution is -2.76. The minimum Gasteiger partial charge on any atom is -0.455 e. The van der Waals surface area contributed by atoms with Crippen molar-refractivity contribution in [1.82, 2.24) is 10.2 Å². The van der Waals surface area contributed by atoms with Gasteiger partial charge in [0.05, 0.1) is 48.1 Å². The molecular formula is C30H36FN5O5S+2. The third-order valence-corrected chi connectivity index (χ3v) is 8.76. The number of rotatable bonds is 7.